The standard InChI is InChI=1S/C15H22O4/c1-4-12-14(13(16)15(17-3)19-12)18-9-11-8-6-5-7-10(11)2/h5-8,12-16H,4,9H2,1-3H3/t12-,13-,14+,15-/m1/s1. The summed E-state index contributed by atoms with van der Waals surface area (Å²) in [6.45, 7) is 4.54. The van der Waals surface area contributed by atoms with Crippen molar-refractivity contribution in [3.05, 3.63) is 35.4 Å². The van der Waals surface area contributed by atoms with Gasteiger partial charge in [0.15, 0.2) is 6.29 Å². The Morgan fingerprint density at radius 1 is 1.32 bits per heavy atom. The summed E-state index contributed by atoms with van der Waals surface area (Å²) in [5, 5.41) is 10.1. The highest BCUT2D eigenvalue weighted by Crippen LogP contribution is 2.27. The molecule has 1 heterocycles. The molecule has 1 saturated heterocycles. The van der Waals surface area contributed by atoms with Crippen LogP contribution in [0.25, 0.3) is 0 Å². The summed E-state index contributed by atoms with van der Waals surface area (Å²) >= 11 is 0. The van der Waals surface area contributed by atoms with Crippen LogP contribution in [0.15, 0.2) is 24.3 Å². The van der Waals surface area contributed by atoms with Gasteiger partial charge in [-0.25, -0.2) is 0 Å². The maximum absolute atomic E-state index is 10.1. The quantitative estimate of drug-likeness (QED) is 0.886. The molecule has 4 atom stereocenters. The Bertz CT molecular complexity index is 405. The first-order chi connectivity index (χ1) is 9.17. The summed E-state index contributed by atoms with van der Waals surface area (Å²) in [5.74, 6) is 0. The summed E-state index contributed by atoms with van der Waals surface area (Å²) in [6, 6.07) is 8.08. The molecule has 2 rings (SSSR count). The third-order valence-electron chi connectivity index (χ3n) is 3.62. The molecule has 0 bridgehead atoms. The van der Waals surface area contributed by atoms with E-state index in [1.165, 1.54) is 12.7 Å². The van der Waals surface area contributed by atoms with E-state index in [2.05, 4.69) is 13.0 Å². The van der Waals surface area contributed by atoms with Crippen molar-refractivity contribution in [2.24, 2.45) is 0 Å². The topological polar surface area (TPSA) is 47.9 Å². The summed E-state index contributed by atoms with van der Waals surface area (Å²) in [7, 11) is 1.53. The van der Waals surface area contributed by atoms with Crippen LogP contribution in [-0.4, -0.2) is 36.8 Å². The van der Waals surface area contributed by atoms with Crippen LogP contribution in [0.3, 0.4) is 0 Å². The molecule has 1 aromatic rings. The minimum atomic E-state index is -0.737. The summed E-state index contributed by atoms with van der Waals surface area (Å²) in [5.41, 5.74) is 2.32. The lowest BCUT2D eigenvalue weighted by atomic mass is 10.1. The Hall–Kier alpha value is -0.940. The van der Waals surface area contributed by atoms with Gasteiger partial charge in [-0.15, -0.1) is 0 Å². The average Bonchev–Trinajstić information content (AvgIpc) is 2.74. The number of hydrogen-bond donors (Lipinski definition) is 1. The lowest BCUT2D eigenvalue weighted by molar-refractivity contribution is -0.148. The van der Waals surface area contributed by atoms with Crippen LogP contribution in [0.1, 0.15) is 24.5 Å². The highest BCUT2D eigenvalue weighted by atomic mass is 16.7. The number of aliphatic hydroxyl groups excluding tert-OH is 1. The second-order valence-electron chi connectivity index (χ2n) is 4.88. The molecule has 1 aliphatic rings. The van der Waals surface area contributed by atoms with Crippen LogP contribution in [0.5, 0.6) is 0 Å². The SMILES string of the molecule is CC[C@H]1O[C@@H](OC)[C@H](O)[C@H]1OCc1ccccc1C. The number of hydrogen-bond acceptors (Lipinski definition) is 4. The first kappa shape index (κ1) is 14.5. The van der Waals surface area contributed by atoms with E-state index in [9.17, 15) is 5.11 Å². The maximum Gasteiger partial charge on any atom is 0.186 e. The van der Waals surface area contributed by atoms with Gasteiger partial charge in [0.25, 0.3) is 0 Å². The van der Waals surface area contributed by atoms with E-state index in [-0.39, 0.29) is 12.2 Å². The second-order valence-corrected chi connectivity index (χ2v) is 4.88. The number of methoxy groups -OCH3 is 1. The molecule has 106 valence electrons. The number of aliphatic hydroxyl groups is 1. The molecule has 0 saturated carbocycles. The predicted octanol–water partition coefficient (Wildman–Crippen LogP) is 2.02. The molecule has 0 radical (unpaired) electrons. The molecule has 0 amide bonds. The zero-order valence-corrected chi connectivity index (χ0v) is 11.7. The molecule has 1 fully saturated rings. The molecule has 4 heteroatoms. The summed E-state index contributed by atoms with van der Waals surface area (Å²) in [6.07, 6.45) is -1.00. The molecule has 0 aromatic heterocycles. The zero-order valence-electron chi connectivity index (χ0n) is 11.7. The Morgan fingerprint density at radius 3 is 2.68 bits per heavy atom. The van der Waals surface area contributed by atoms with Crippen LogP contribution in [0, 0.1) is 6.92 Å². The number of rotatable bonds is 5. The predicted molar refractivity (Wildman–Crippen MR) is 71.7 cm³/mol. The van der Waals surface area contributed by atoms with Crippen molar-refractivity contribution < 1.29 is 19.3 Å². The number of ether oxygens (including phenoxy) is 3. The van der Waals surface area contributed by atoms with E-state index in [0.717, 1.165) is 12.0 Å². The highest BCUT2D eigenvalue weighted by molar-refractivity contribution is 5.24. The third-order valence-corrected chi connectivity index (χ3v) is 3.62. The molecule has 0 unspecified atom stereocenters. The molecular weight excluding hydrogens is 244 g/mol. The molecule has 1 N–H and O–H groups in total. The van der Waals surface area contributed by atoms with Gasteiger partial charge in [0.1, 0.15) is 12.2 Å². The van der Waals surface area contributed by atoms with Crippen LogP contribution >= 0.6 is 0 Å². The van der Waals surface area contributed by atoms with E-state index in [1.54, 1.807) is 0 Å². The van der Waals surface area contributed by atoms with Gasteiger partial charge >= 0.3 is 0 Å². The minimum Gasteiger partial charge on any atom is -0.385 e. The van der Waals surface area contributed by atoms with Crippen molar-refractivity contribution in [2.45, 2.75) is 51.5 Å². The van der Waals surface area contributed by atoms with Gasteiger partial charge in [0, 0.05) is 7.11 Å². The maximum atomic E-state index is 10.1. The van der Waals surface area contributed by atoms with Gasteiger partial charge in [-0.3, -0.25) is 0 Å². The summed E-state index contributed by atoms with van der Waals surface area (Å²) < 4.78 is 16.6. The lowest BCUT2D eigenvalue weighted by Crippen LogP contribution is -2.35. The van der Waals surface area contributed by atoms with Crippen molar-refractivity contribution in [3.63, 3.8) is 0 Å². The molecule has 1 aliphatic heterocycles. The normalized spacial score (nSPS) is 30.7. The fourth-order valence-electron chi connectivity index (χ4n) is 2.39. The van der Waals surface area contributed by atoms with E-state index in [4.69, 9.17) is 14.2 Å². The van der Waals surface area contributed by atoms with Gasteiger partial charge in [-0.1, -0.05) is 31.2 Å². The van der Waals surface area contributed by atoms with Crippen molar-refractivity contribution >= 4 is 0 Å². The van der Waals surface area contributed by atoms with Crippen molar-refractivity contribution in [3.8, 4) is 0 Å². The zero-order chi connectivity index (χ0) is 13.8. The molecule has 1 aromatic carbocycles. The van der Waals surface area contributed by atoms with Gasteiger partial charge in [-0.05, 0) is 24.5 Å². The monoisotopic (exact) mass is 266 g/mol. The van der Waals surface area contributed by atoms with Crippen molar-refractivity contribution in [2.75, 3.05) is 7.11 Å². The van der Waals surface area contributed by atoms with Crippen molar-refractivity contribution in [1.29, 1.82) is 0 Å². The van der Waals surface area contributed by atoms with E-state index < -0.39 is 12.4 Å². The van der Waals surface area contributed by atoms with Gasteiger partial charge in [0.05, 0.1) is 12.7 Å². The van der Waals surface area contributed by atoms with Crippen molar-refractivity contribution in [1.82, 2.24) is 0 Å². The Labute approximate surface area is 114 Å². The molecule has 19 heavy (non-hydrogen) atoms. The Balaban J connectivity index is 2.00. The lowest BCUT2D eigenvalue weighted by Gasteiger charge is -2.20. The van der Waals surface area contributed by atoms with Crippen LogP contribution in [0.4, 0.5) is 0 Å². The third kappa shape index (κ3) is 3.15. The van der Waals surface area contributed by atoms with E-state index >= 15 is 0 Å². The number of aryl methyl sites for hydroxylation is 1. The van der Waals surface area contributed by atoms with Crippen LogP contribution in [-0.2, 0) is 20.8 Å². The molecular formula is C15H22O4. The molecule has 0 spiro atoms. The Morgan fingerprint density at radius 2 is 2.05 bits per heavy atom. The highest BCUT2D eigenvalue weighted by Gasteiger charge is 2.43. The van der Waals surface area contributed by atoms with Gasteiger partial charge in [0.2, 0.25) is 0 Å². The minimum absolute atomic E-state index is 0.121. The molecule has 0 aliphatic carbocycles. The van der Waals surface area contributed by atoms with Gasteiger partial charge in [-0.2, -0.15) is 0 Å². The van der Waals surface area contributed by atoms with E-state index in [1.807, 2.05) is 25.1 Å². The fourth-order valence-corrected chi connectivity index (χ4v) is 2.39. The van der Waals surface area contributed by atoms with Gasteiger partial charge < -0.3 is 19.3 Å². The second kappa shape index (κ2) is 6.48. The van der Waals surface area contributed by atoms with Crippen LogP contribution < -0.4 is 0 Å². The molecule has 4 nitrogen and oxygen atoms in total. The average molecular weight is 266 g/mol. The number of benzene rings is 1. The fraction of sp³-hybridized carbons (Fsp3) is 0.600. The largest absolute Gasteiger partial charge is 0.385 e. The smallest absolute Gasteiger partial charge is 0.186 e. The Kier molecular flexibility index (Phi) is 4.93. The van der Waals surface area contributed by atoms with E-state index in [0.29, 0.717) is 6.61 Å². The first-order valence-corrected chi connectivity index (χ1v) is 6.69. The summed E-state index contributed by atoms with van der Waals surface area (Å²) in [4.78, 5) is 0. The first-order valence-electron chi connectivity index (χ1n) is 6.69. The van der Waals surface area contributed by atoms with Crippen LogP contribution in [0.2, 0.25) is 0 Å².